The van der Waals surface area contributed by atoms with E-state index in [1.54, 1.807) is 12.3 Å². The van der Waals surface area contributed by atoms with Gasteiger partial charge in [-0.2, -0.15) is 0 Å². The lowest BCUT2D eigenvalue weighted by Gasteiger charge is -2.03. The molecule has 1 rings (SSSR count). The molecule has 1 aromatic heterocycles. The number of nitrogens with zero attached hydrogens (tertiary/aromatic N) is 3. The van der Waals surface area contributed by atoms with Crippen LogP contribution in [-0.4, -0.2) is 21.5 Å². The minimum Gasteiger partial charge on any atom is -0.423 e. The van der Waals surface area contributed by atoms with E-state index in [1.807, 2.05) is 0 Å². The third kappa shape index (κ3) is 9.26. The van der Waals surface area contributed by atoms with Crippen LogP contribution >= 0.6 is 0 Å². The summed E-state index contributed by atoms with van der Waals surface area (Å²) in [5, 5.41) is 9.62. The molecule has 5 heteroatoms. The monoisotopic (exact) mass is 322 g/mol. The van der Waals surface area contributed by atoms with Gasteiger partial charge in [-0.15, -0.1) is 4.73 Å². The zero-order chi connectivity index (χ0) is 16.8. The highest BCUT2D eigenvalue weighted by Crippen LogP contribution is 2.11. The van der Waals surface area contributed by atoms with Crippen LogP contribution in [0.2, 0.25) is 0 Å². The summed E-state index contributed by atoms with van der Waals surface area (Å²) in [7, 11) is 0. The standard InChI is InChI=1S/C18H34N4O/c1-2-3-4-5-6-7-8-9-10-11-12-13-15-20-17-14-16-21-18(19)22(17)23/h14,16,23H,2-13,15H2,1H3,(H2,19,21). The number of rotatable bonds is 13. The normalized spacial score (nSPS) is 12.0. The van der Waals surface area contributed by atoms with Gasteiger partial charge in [0.1, 0.15) is 0 Å². The zero-order valence-corrected chi connectivity index (χ0v) is 14.7. The molecule has 1 heterocycles. The second-order valence-corrected chi connectivity index (χ2v) is 6.24. The maximum Gasteiger partial charge on any atom is 0.236 e. The van der Waals surface area contributed by atoms with Crippen LogP contribution in [0.25, 0.3) is 0 Å². The van der Waals surface area contributed by atoms with Gasteiger partial charge in [0.15, 0.2) is 5.49 Å². The maximum atomic E-state index is 9.62. The molecule has 0 aliphatic heterocycles. The van der Waals surface area contributed by atoms with Crippen LogP contribution in [0.5, 0.6) is 0 Å². The fourth-order valence-electron chi connectivity index (χ4n) is 2.69. The first-order valence-electron chi connectivity index (χ1n) is 9.29. The third-order valence-corrected chi connectivity index (χ3v) is 4.15. The predicted molar refractivity (Wildman–Crippen MR) is 95.3 cm³/mol. The van der Waals surface area contributed by atoms with E-state index < -0.39 is 0 Å². The smallest absolute Gasteiger partial charge is 0.236 e. The molecule has 0 atom stereocenters. The first-order chi connectivity index (χ1) is 11.3. The Morgan fingerprint density at radius 2 is 1.48 bits per heavy atom. The van der Waals surface area contributed by atoms with Gasteiger partial charge >= 0.3 is 0 Å². The minimum atomic E-state index is 0.0703. The molecule has 132 valence electrons. The molecule has 1 aromatic rings. The van der Waals surface area contributed by atoms with Crippen LogP contribution in [0.3, 0.4) is 0 Å². The third-order valence-electron chi connectivity index (χ3n) is 4.15. The highest BCUT2D eigenvalue weighted by atomic mass is 16.5. The molecule has 0 fully saturated rings. The maximum absolute atomic E-state index is 9.62. The minimum absolute atomic E-state index is 0.0703. The van der Waals surface area contributed by atoms with E-state index in [2.05, 4.69) is 16.9 Å². The molecule has 5 nitrogen and oxygen atoms in total. The van der Waals surface area contributed by atoms with E-state index in [1.165, 1.54) is 70.6 Å². The van der Waals surface area contributed by atoms with Gasteiger partial charge in [-0.05, 0) is 6.42 Å². The molecule has 0 bridgehead atoms. The van der Waals surface area contributed by atoms with Gasteiger partial charge in [0.05, 0.1) is 0 Å². The summed E-state index contributed by atoms with van der Waals surface area (Å²) in [6, 6.07) is 1.66. The van der Waals surface area contributed by atoms with Crippen molar-refractivity contribution in [2.45, 2.75) is 84.0 Å². The topological polar surface area (TPSA) is 76.4 Å². The Hall–Kier alpha value is -1.52. The molecule has 23 heavy (non-hydrogen) atoms. The van der Waals surface area contributed by atoms with Crippen molar-refractivity contribution in [2.24, 2.45) is 4.99 Å². The summed E-state index contributed by atoms with van der Waals surface area (Å²) >= 11 is 0. The number of anilines is 1. The van der Waals surface area contributed by atoms with E-state index in [-0.39, 0.29) is 5.95 Å². The molecule has 0 spiro atoms. The fourth-order valence-corrected chi connectivity index (χ4v) is 2.69. The van der Waals surface area contributed by atoms with Crippen molar-refractivity contribution < 1.29 is 5.21 Å². The molecule has 0 aromatic carbocycles. The number of nitrogen functional groups attached to an aromatic ring is 1. The largest absolute Gasteiger partial charge is 0.423 e. The lowest BCUT2D eigenvalue weighted by atomic mass is 10.1. The SMILES string of the molecule is CCCCCCCCCCCCCCN=c1ccnc(N)n1O. The van der Waals surface area contributed by atoms with Crippen LogP contribution in [0.1, 0.15) is 84.0 Å². The molecule has 3 N–H and O–H groups in total. The lowest BCUT2D eigenvalue weighted by Crippen LogP contribution is -2.22. The van der Waals surface area contributed by atoms with Crippen molar-refractivity contribution >= 4 is 5.95 Å². The molecule has 0 amide bonds. The van der Waals surface area contributed by atoms with Crippen LogP contribution in [-0.2, 0) is 0 Å². The van der Waals surface area contributed by atoms with Crippen molar-refractivity contribution in [3.8, 4) is 0 Å². The second-order valence-electron chi connectivity index (χ2n) is 6.24. The molecule has 0 saturated carbocycles. The lowest BCUT2D eigenvalue weighted by molar-refractivity contribution is 0.175. The number of unbranched alkanes of at least 4 members (excludes halogenated alkanes) is 11. The van der Waals surface area contributed by atoms with Crippen LogP contribution < -0.4 is 11.2 Å². The first kappa shape index (κ1) is 19.5. The first-order valence-corrected chi connectivity index (χ1v) is 9.29. The van der Waals surface area contributed by atoms with Crippen molar-refractivity contribution in [3.05, 3.63) is 17.8 Å². The van der Waals surface area contributed by atoms with Crippen LogP contribution in [0.4, 0.5) is 5.95 Å². The summed E-state index contributed by atoms with van der Waals surface area (Å²) in [5.41, 5.74) is 5.98. The van der Waals surface area contributed by atoms with E-state index in [0.717, 1.165) is 17.7 Å². The van der Waals surface area contributed by atoms with Gasteiger partial charge in [-0.3, -0.25) is 4.99 Å². The average molecular weight is 322 g/mol. The van der Waals surface area contributed by atoms with Crippen LogP contribution in [0, 0.1) is 0 Å². The molecule has 0 radical (unpaired) electrons. The van der Waals surface area contributed by atoms with E-state index in [4.69, 9.17) is 5.73 Å². The van der Waals surface area contributed by atoms with Gasteiger partial charge < -0.3 is 10.9 Å². The number of aromatic nitrogens is 2. The zero-order valence-electron chi connectivity index (χ0n) is 14.7. The van der Waals surface area contributed by atoms with Gasteiger partial charge in [-0.1, -0.05) is 77.6 Å². The second kappa shape index (κ2) is 13.0. The molecule has 0 aliphatic carbocycles. The highest BCUT2D eigenvalue weighted by Gasteiger charge is 1.96. The summed E-state index contributed by atoms with van der Waals surface area (Å²) in [5.74, 6) is 0.0703. The number of nitrogens with two attached hydrogens (primary N) is 1. The number of hydrogen-bond acceptors (Lipinski definition) is 4. The molecular weight excluding hydrogens is 288 g/mol. The fraction of sp³-hybridized carbons (Fsp3) is 0.778. The molecule has 0 aliphatic rings. The summed E-state index contributed by atoms with van der Waals surface area (Å²) < 4.78 is 0.834. The Kier molecular flexibility index (Phi) is 11.0. The van der Waals surface area contributed by atoms with Crippen molar-refractivity contribution in [1.82, 2.24) is 9.71 Å². The van der Waals surface area contributed by atoms with Crippen molar-refractivity contribution in [1.29, 1.82) is 0 Å². The van der Waals surface area contributed by atoms with Gasteiger partial charge in [-0.25, -0.2) is 4.98 Å². The Morgan fingerprint density at radius 1 is 0.957 bits per heavy atom. The van der Waals surface area contributed by atoms with E-state index >= 15 is 0 Å². The molecule has 0 unspecified atom stereocenters. The van der Waals surface area contributed by atoms with E-state index in [9.17, 15) is 5.21 Å². The summed E-state index contributed by atoms with van der Waals surface area (Å²) in [6.07, 6.45) is 17.5. The Labute approximate surface area is 140 Å². The Balaban J connectivity index is 1.95. The van der Waals surface area contributed by atoms with Crippen molar-refractivity contribution in [2.75, 3.05) is 12.3 Å². The molecular formula is C18H34N4O. The Bertz CT molecular complexity index is 470. The van der Waals surface area contributed by atoms with Gasteiger partial charge in [0.2, 0.25) is 5.95 Å². The summed E-state index contributed by atoms with van der Waals surface area (Å²) in [6.45, 7) is 2.99. The number of hydrogen-bond donors (Lipinski definition) is 2. The van der Waals surface area contributed by atoms with Gasteiger partial charge in [0, 0.05) is 18.8 Å². The molecule has 0 saturated heterocycles. The van der Waals surface area contributed by atoms with Gasteiger partial charge in [0.25, 0.3) is 0 Å². The van der Waals surface area contributed by atoms with Crippen LogP contribution in [0.15, 0.2) is 17.3 Å². The van der Waals surface area contributed by atoms with Crippen molar-refractivity contribution in [3.63, 3.8) is 0 Å². The quantitative estimate of drug-likeness (QED) is 0.420. The Morgan fingerprint density at radius 3 is 2.04 bits per heavy atom. The highest BCUT2D eigenvalue weighted by molar-refractivity contribution is 5.13. The van der Waals surface area contributed by atoms with E-state index in [0.29, 0.717) is 5.49 Å². The predicted octanol–water partition coefficient (Wildman–Crippen LogP) is 4.30. The summed E-state index contributed by atoms with van der Waals surface area (Å²) in [4.78, 5) is 8.13. The average Bonchev–Trinajstić information content (AvgIpc) is 2.55.